The van der Waals surface area contributed by atoms with Crippen molar-refractivity contribution in [3.8, 4) is 5.75 Å². The Morgan fingerprint density at radius 2 is 1.68 bits per heavy atom. The van der Waals surface area contributed by atoms with Crippen molar-refractivity contribution in [2.45, 2.75) is 24.7 Å². The number of methoxy groups -OCH3 is 1. The van der Waals surface area contributed by atoms with Gasteiger partial charge in [0.2, 0.25) is 20.0 Å². The molecule has 0 unspecified atom stereocenters. The van der Waals surface area contributed by atoms with Crippen LogP contribution >= 0.6 is 0 Å². The first-order chi connectivity index (χ1) is 14.7. The molecule has 31 heavy (non-hydrogen) atoms. The van der Waals surface area contributed by atoms with E-state index in [1.54, 1.807) is 0 Å². The van der Waals surface area contributed by atoms with E-state index in [2.05, 4.69) is 10.0 Å². The normalized spacial score (nSPS) is 14.9. The first-order valence-corrected chi connectivity index (χ1v) is 12.9. The van der Waals surface area contributed by atoms with E-state index in [0.717, 1.165) is 12.8 Å². The molecule has 2 N–H and O–H groups in total. The van der Waals surface area contributed by atoms with Crippen LogP contribution in [0.4, 0.5) is 11.4 Å². The molecule has 0 radical (unpaired) electrons. The second-order valence-corrected chi connectivity index (χ2v) is 11.0. The van der Waals surface area contributed by atoms with Gasteiger partial charge in [-0.3, -0.25) is 9.52 Å². The van der Waals surface area contributed by atoms with Crippen molar-refractivity contribution >= 4 is 37.3 Å². The van der Waals surface area contributed by atoms with Gasteiger partial charge in [0.25, 0.3) is 5.91 Å². The first-order valence-electron chi connectivity index (χ1n) is 9.76. The van der Waals surface area contributed by atoms with Crippen LogP contribution in [0.5, 0.6) is 5.75 Å². The summed E-state index contributed by atoms with van der Waals surface area (Å²) in [7, 11) is -5.64. The minimum Gasteiger partial charge on any atom is -0.495 e. The van der Waals surface area contributed by atoms with Crippen molar-refractivity contribution in [2.24, 2.45) is 0 Å². The molecule has 11 heteroatoms. The molecule has 1 fully saturated rings. The van der Waals surface area contributed by atoms with Gasteiger partial charge in [-0.1, -0.05) is 0 Å². The molecular formula is C20H25N3O6S2. The van der Waals surface area contributed by atoms with Crippen molar-refractivity contribution in [1.82, 2.24) is 4.31 Å². The summed E-state index contributed by atoms with van der Waals surface area (Å²) >= 11 is 0. The highest BCUT2D eigenvalue weighted by Crippen LogP contribution is 2.30. The molecule has 0 bridgehead atoms. The van der Waals surface area contributed by atoms with Crippen LogP contribution in [-0.4, -0.2) is 53.0 Å². The topological polar surface area (TPSA) is 122 Å². The van der Waals surface area contributed by atoms with Crippen molar-refractivity contribution in [1.29, 1.82) is 0 Å². The predicted octanol–water partition coefficient (Wildman–Crippen LogP) is 2.49. The second-order valence-electron chi connectivity index (χ2n) is 7.01. The third kappa shape index (κ3) is 5.35. The standard InChI is InChI=1S/C20H25N3O6S2/c1-3-30(25,26)22-16-8-6-15(7-9-16)20(24)21-18-14-17(10-11-19(18)29-2)31(27,28)23-12-4-5-13-23/h6-11,14,22H,3-5,12-13H2,1-2H3,(H,21,24). The van der Waals surface area contributed by atoms with Crippen molar-refractivity contribution in [3.05, 3.63) is 48.0 Å². The lowest BCUT2D eigenvalue weighted by Crippen LogP contribution is -2.28. The fourth-order valence-electron chi connectivity index (χ4n) is 3.16. The molecule has 0 atom stereocenters. The number of hydrogen-bond donors (Lipinski definition) is 2. The van der Waals surface area contributed by atoms with Gasteiger partial charge < -0.3 is 10.1 Å². The summed E-state index contributed by atoms with van der Waals surface area (Å²) in [6, 6.07) is 10.2. The Labute approximate surface area is 182 Å². The first kappa shape index (κ1) is 23.0. The molecule has 9 nitrogen and oxygen atoms in total. The van der Waals surface area contributed by atoms with Crippen LogP contribution in [0.2, 0.25) is 0 Å². The maximum absolute atomic E-state index is 12.8. The van der Waals surface area contributed by atoms with Gasteiger partial charge in [-0.15, -0.1) is 0 Å². The number of carbonyl (C=O) groups excluding carboxylic acids is 1. The number of nitrogens with one attached hydrogen (secondary N) is 2. The molecule has 3 rings (SSSR count). The molecule has 2 aromatic carbocycles. The minimum atomic E-state index is -3.65. The summed E-state index contributed by atoms with van der Waals surface area (Å²) in [5, 5.41) is 2.67. The van der Waals surface area contributed by atoms with Crippen LogP contribution in [0.15, 0.2) is 47.4 Å². The molecule has 1 aliphatic rings. The molecule has 1 amide bonds. The lowest BCUT2D eigenvalue weighted by atomic mass is 10.2. The number of ether oxygens (including phenoxy) is 1. The van der Waals surface area contributed by atoms with Gasteiger partial charge in [0.05, 0.1) is 23.4 Å². The Morgan fingerprint density at radius 1 is 1.03 bits per heavy atom. The molecule has 0 aliphatic carbocycles. The van der Waals surface area contributed by atoms with E-state index < -0.39 is 26.0 Å². The Kier molecular flexibility index (Phi) is 6.87. The van der Waals surface area contributed by atoms with Crippen LogP contribution in [0, 0.1) is 0 Å². The average molecular weight is 468 g/mol. The van der Waals surface area contributed by atoms with Crippen molar-refractivity contribution < 1.29 is 26.4 Å². The summed E-state index contributed by atoms with van der Waals surface area (Å²) in [6.45, 7) is 2.48. The molecular weight excluding hydrogens is 442 g/mol. The molecule has 1 aliphatic heterocycles. The van der Waals surface area contributed by atoms with Gasteiger partial charge in [0.1, 0.15) is 5.75 Å². The molecule has 1 heterocycles. The monoisotopic (exact) mass is 467 g/mol. The zero-order valence-corrected chi connectivity index (χ0v) is 18.9. The summed E-state index contributed by atoms with van der Waals surface area (Å²) in [4.78, 5) is 12.8. The number of rotatable bonds is 8. The lowest BCUT2D eigenvalue weighted by molar-refractivity contribution is 0.102. The van der Waals surface area contributed by atoms with Crippen LogP contribution < -0.4 is 14.8 Å². The number of carbonyl (C=O) groups is 1. The summed E-state index contributed by atoms with van der Waals surface area (Å²) in [5.41, 5.74) is 0.840. The van der Waals surface area contributed by atoms with E-state index in [4.69, 9.17) is 4.74 Å². The largest absolute Gasteiger partial charge is 0.495 e. The average Bonchev–Trinajstić information content (AvgIpc) is 3.30. The third-order valence-electron chi connectivity index (χ3n) is 4.92. The van der Waals surface area contributed by atoms with Gasteiger partial charge in [-0.05, 0) is 62.2 Å². The van der Waals surface area contributed by atoms with E-state index in [1.807, 2.05) is 0 Å². The van der Waals surface area contributed by atoms with Crippen molar-refractivity contribution in [2.75, 3.05) is 36.0 Å². The van der Waals surface area contributed by atoms with Crippen LogP contribution in [0.25, 0.3) is 0 Å². The Morgan fingerprint density at radius 3 is 2.26 bits per heavy atom. The molecule has 0 saturated carbocycles. The summed E-state index contributed by atoms with van der Waals surface area (Å²) in [6.07, 6.45) is 1.65. The molecule has 2 aromatic rings. The lowest BCUT2D eigenvalue weighted by Gasteiger charge is -2.17. The van der Waals surface area contributed by atoms with Gasteiger partial charge in [0.15, 0.2) is 0 Å². The number of amides is 1. The van der Waals surface area contributed by atoms with Crippen LogP contribution in [0.3, 0.4) is 0 Å². The maximum Gasteiger partial charge on any atom is 0.255 e. The fraction of sp³-hybridized carbons (Fsp3) is 0.350. The number of benzene rings is 2. The van der Waals surface area contributed by atoms with Gasteiger partial charge >= 0.3 is 0 Å². The van der Waals surface area contributed by atoms with Gasteiger partial charge in [0, 0.05) is 24.3 Å². The zero-order valence-electron chi connectivity index (χ0n) is 17.3. The van der Waals surface area contributed by atoms with E-state index in [0.29, 0.717) is 24.5 Å². The number of hydrogen-bond acceptors (Lipinski definition) is 6. The number of sulfonamides is 2. The molecule has 168 valence electrons. The van der Waals surface area contributed by atoms with E-state index in [-0.39, 0.29) is 21.9 Å². The van der Waals surface area contributed by atoms with E-state index >= 15 is 0 Å². The Bertz CT molecular complexity index is 1160. The van der Waals surface area contributed by atoms with Gasteiger partial charge in [-0.25, -0.2) is 16.8 Å². The quantitative estimate of drug-likeness (QED) is 0.615. The Hall–Kier alpha value is -2.63. The summed E-state index contributed by atoms with van der Waals surface area (Å²) in [5.74, 6) is -0.230. The highest BCUT2D eigenvalue weighted by atomic mass is 32.2. The Balaban J connectivity index is 1.82. The fourth-order valence-corrected chi connectivity index (χ4v) is 5.34. The van der Waals surface area contributed by atoms with Gasteiger partial charge in [-0.2, -0.15) is 4.31 Å². The zero-order chi connectivity index (χ0) is 22.6. The van der Waals surface area contributed by atoms with Crippen molar-refractivity contribution in [3.63, 3.8) is 0 Å². The predicted molar refractivity (Wildman–Crippen MR) is 118 cm³/mol. The maximum atomic E-state index is 12.8. The third-order valence-corrected chi connectivity index (χ3v) is 8.12. The smallest absolute Gasteiger partial charge is 0.255 e. The van der Waals surface area contributed by atoms with E-state index in [9.17, 15) is 21.6 Å². The highest BCUT2D eigenvalue weighted by Gasteiger charge is 2.28. The SMILES string of the molecule is CCS(=O)(=O)Nc1ccc(C(=O)Nc2cc(S(=O)(=O)N3CCCC3)ccc2OC)cc1. The highest BCUT2D eigenvalue weighted by molar-refractivity contribution is 7.92. The summed E-state index contributed by atoms with van der Waals surface area (Å²) < 4.78 is 58.1. The molecule has 0 aromatic heterocycles. The minimum absolute atomic E-state index is 0.0638. The second kappa shape index (κ2) is 9.25. The van der Waals surface area contributed by atoms with Crippen LogP contribution in [0.1, 0.15) is 30.1 Å². The molecule has 0 spiro atoms. The van der Waals surface area contributed by atoms with Crippen LogP contribution in [-0.2, 0) is 20.0 Å². The number of anilines is 2. The molecule has 1 saturated heterocycles. The van der Waals surface area contributed by atoms with E-state index in [1.165, 1.54) is 60.8 Å². The number of nitrogens with zero attached hydrogens (tertiary/aromatic N) is 1.